The van der Waals surface area contributed by atoms with Gasteiger partial charge in [0.2, 0.25) is 0 Å². The first-order valence-electron chi connectivity index (χ1n) is 6.37. The molecule has 0 spiro atoms. The molecule has 3 rings (SSSR count). The quantitative estimate of drug-likeness (QED) is 0.825. The molecule has 2 aliphatic rings. The van der Waals surface area contributed by atoms with Gasteiger partial charge in [-0.3, -0.25) is 4.31 Å². The van der Waals surface area contributed by atoms with Crippen molar-refractivity contribution in [1.29, 1.82) is 0 Å². The summed E-state index contributed by atoms with van der Waals surface area (Å²) in [4.78, 5) is 0. The van der Waals surface area contributed by atoms with E-state index in [1.807, 2.05) is 12.2 Å². The predicted octanol–water partition coefficient (Wildman–Crippen LogP) is 1.72. The van der Waals surface area contributed by atoms with E-state index in [0.29, 0.717) is 12.5 Å². The Bertz CT molecular complexity index is 623. The maximum Gasteiger partial charge on any atom is 0.283 e. The van der Waals surface area contributed by atoms with Gasteiger partial charge in [0.05, 0.1) is 0 Å². The van der Waals surface area contributed by atoms with E-state index in [9.17, 15) is 8.42 Å². The highest BCUT2D eigenvalue weighted by Gasteiger charge is 2.34. The van der Waals surface area contributed by atoms with Gasteiger partial charge in [-0.05, 0) is 37.5 Å². The number of aromatic nitrogens is 2. The minimum absolute atomic E-state index is 0.0195. The molecule has 0 radical (unpaired) electrons. The minimum Gasteiger partial charge on any atom is -0.269 e. The van der Waals surface area contributed by atoms with Gasteiger partial charge in [0.15, 0.2) is 5.03 Å². The van der Waals surface area contributed by atoms with E-state index in [2.05, 4.69) is 16.3 Å². The molecule has 1 atom stereocenters. The number of nitrogens with zero attached hydrogens (tertiary/aromatic N) is 3. The summed E-state index contributed by atoms with van der Waals surface area (Å²) in [6.45, 7) is 0.523. The van der Waals surface area contributed by atoms with Crippen molar-refractivity contribution in [2.45, 2.75) is 24.3 Å². The molecule has 1 aromatic heterocycles. The monoisotopic (exact) mass is 277 g/mol. The second-order valence-corrected chi connectivity index (χ2v) is 6.54. The summed E-state index contributed by atoms with van der Waals surface area (Å²) in [6.07, 6.45) is 10.2. The zero-order valence-corrected chi connectivity index (χ0v) is 11.3. The van der Waals surface area contributed by atoms with Crippen molar-refractivity contribution >= 4 is 10.0 Å². The van der Waals surface area contributed by atoms with Gasteiger partial charge < -0.3 is 0 Å². The minimum atomic E-state index is -3.57. The smallest absolute Gasteiger partial charge is 0.269 e. The van der Waals surface area contributed by atoms with Crippen LogP contribution < -0.4 is 0 Å². The normalized spacial score (nSPS) is 22.8. The van der Waals surface area contributed by atoms with Gasteiger partial charge in [0, 0.05) is 24.4 Å². The summed E-state index contributed by atoms with van der Waals surface area (Å²) in [5.41, 5.74) is 0.888. The van der Waals surface area contributed by atoms with Crippen LogP contribution in [0.4, 0.5) is 0 Å². The van der Waals surface area contributed by atoms with Gasteiger partial charge in [0.25, 0.3) is 10.0 Å². The number of hydrogen-bond acceptors (Lipinski definition) is 4. The van der Waals surface area contributed by atoms with Crippen LogP contribution in [0.3, 0.4) is 0 Å². The Morgan fingerprint density at radius 2 is 2.26 bits per heavy atom. The molecule has 6 heteroatoms. The zero-order chi connectivity index (χ0) is 13.3. The molecule has 1 aliphatic carbocycles. The molecule has 0 bridgehead atoms. The zero-order valence-electron chi connectivity index (χ0n) is 10.4. The van der Waals surface area contributed by atoms with E-state index in [-0.39, 0.29) is 5.03 Å². The third-order valence-corrected chi connectivity index (χ3v) is 5.27. The van der Waals surface area contributed by atoms with Crippen molar-refractivity contribution in [3.05, 3.63) is 42.3 Å². The Morgan fingerprint density at radius 1 is 1.37 bits per heavy atom. The molecule has 0 N–H and O–H groups in total. The summed E-state index contributed by atoms with van der Waals surface area (Å²) in [5.74, 6) is 0.310. The highest BCUT2D eigenvalue weighted by Crippen LogP contribution is 2.35. The fourth-order valence-electron chi connectivity index (χ4n) is 2.63. The molecule has 5 nitrogen and oxygen atoms in total. The second-order valence-electron chi connectivity index (χ2n) is 4.73. The topological polar surface area (TPSA) is 63.2 Å². The number of rotatable bonds is 2. The molecule has 0 aromatic carbocycles. The van der Waals surface area contributed by atoms with Crippen molar-refractivity contribution in [2.75, 3.05) is 6.54 Å². The van der Waals surface area contributed by atoms with E-state index >= 15 is 0 Å². The maximum absolute atomic E-state index is 12.6. The molecular formula is C13H15N3O2S. The molecule has 1 unspecified atom stereocenters. The van der Waals surface area contributed by atoms with Crippen molar-refractivity contribution in [3.8, 4) is 0 Å². The molecular weight excluding hydrogens is 262 g/mol. The van der Waals surface area contributed by atoms with Crippen molar-refractivity contribution in [1.82, 2.24) is 14.5 Å². The second kappa shape index (κ2) is 4.77. The number of allylic oxidation sites excluding steroid dienone is 4. The third-order valence-electron chi connectivity index (χ3n) is 3.55. The van der Waals surface area contributed by atoms with E-state index < -0.39 is 10.0 Å². The lowest BCUT2D eigenvalue weighted by Crippen LogP contribution is -2.38. The predicted molar refractivity (Wildman–Crippen MR) is 70.5 cm³/mol. The van der Waals surface area contributed by atoms with Crippen LogP contribution in [0.1, 0.15) is 19.3 Å². The van der Waals surface area contributed by atoms with Crippen LogP contribution in [0.15, 0.2) is 47.3 Å². The SMILES string of the molecule is O=S(=O)(c1cccnn1)N1CCCC2CC=CC=C21. The average Bonchev–Trinajstić information content (AvgIpc) is 2.47. The van der Waals surface area contributed by atoms with Gasteiger partial charge >= 0.3 is 0 Å². The number of sulfonamides is 1. The van der Waals surface area contributed by atoms with E-state index in [1.54, 1.807) is 6.07 Å². The number of hydrogen-bond donors (Lipinski definition) is 0. The van der Waals surface area contributed by atoms with Gasteiger partial charge in [-0.25, -0.2) is 0 Å². The van der Waals surface area contributed by atoms with Gasteiger partial charge in [0.1, 0.15) is 0 Å². The first-order valence-corrected chi connectivity index (χ1v) is 7.81. The molecule has 1 saturated heterocycles. The standard InChI is InChI=1S/C13H15N3O2S/c17-19(18,13-8-3-9-14-15-13)16-10-4-6-11-5-1-2-7-12(11)16/h1-3,7-9,11H,4-6,10H2. The van der Waals surface area contributed by atoms with Crippen LogP contribution in [0.25, 0.3) is 0 Å². The van der Waals surface area contributed by atoms with Gasteiger partial charge in [-0.15, -0.1) is 5.10 Å². The van der Waals surface area contributed by atoms with Crippen LogP contribution in [-0.4, -0.2) is 29.5 Å². The summed E-state index contributed by atoms with van der Waals surface area (Å²) in [7, 11) is -3.57. The summed E-state index contributed by atoms with van der Waals surface area (Å²) < 4.78 is 26.7. The van der Waals surface area contributed by atoms with Crippen molar-refractivity contribution in [3.63, 3.8) is 0 Å². The summed E-state index contributed by atoms with van der Waals surface area (Å²) in [6, 6.07) is 3.08. The number of piperidine rings is 1. The summed E-state index contributed by atoms with van der Waals surface area (Å²) in [5, 5.41) is 7.42. The van der Waals surface area contributed by atoms with E-state index in [4.69, 9.17) is 0 Å². The Hall–Kier alpha value is -1.69. The molecule has 1 fully saturated rings. The largest absolute Gasteiger partial charge is 0.283 e. The lowest BCUT2D eigenvalue weighted by atomic mass is 9.89. The van der Waals surface area contributed by atoms with Crippen LogP contribution in [-0.2, 0) is 10.0 Å². The lowest BCUT2D eigenvalue weighted by Gasteiger charge is -2.36. The molecule has 0 saturated carbocycles. The molecule has 1 aromatic rings. The first kappa shape index (κ1) is 12.3. The van der Waals surface area contributed by atoms with Crippen molar-refractivity contribution < 1.29 is 8.42 Å². The Morgan fingerprint density at radius 3 is 3.05 bits per heavy atom. The molecule has 100 valence electrons. The highest BCUT2D eigenvalue weighted by molar-refractivity contribution is 7.89. The van der Waals surface area contributed by atoms with Crippen LogP contribution in [0.5, 0.6) is 0 Å². The van der Waals surface area contributed by atoms with Crippen LogP contribution in [0, 0.1) is 5.92 Å². The van der Waals surface area contributed by atoms with Crippen molar-refractivity contribution in [2.24, 2.45) is 5.92 Å². The van der Waals surface area contributed by atoms with E-state index in [0.717, 1.165) is 25.0 Å². The first-order chi connectivity index (χ1) is 9.19. The fourth-order valence-corrected chi connectivity index (χ4v) is 4.11. The lowest BCUT2D eigenvalue weighted by molar-refractivity contribution is 0.333. The average molecular weight is 277 g/mol. The molecule has 0 amide bonds. The van der Waals surface area contributed by atoms with Crippen LogP contribution >= 0.6 is 0 Å². The summed E-state index contributed by atoms with van der Waals surface area (Å²) >= 11 is 0. The Kier molecular flexibility index (Phi) is 3.10. The van der Waals surface area contributed by atoms with Crippen LogP contribution in [0.2, 0.25) is 0 Å². The fraction of sp³-hybridized carbons (Fsp3) is 0.385. The Balaban J connectivity index is 2.01. The van der Waals surface area contributed by atoms with Gasteiger partial charge in [-0.1, -0.05) is 12.2 Å². The van der Waals surface area contributed by atoms with E-state index in [1.165, 1.54) is 16.6 Å². The van der Waals surface area contributed by atoms with Gasteiger partial charge in [-0.2, -0.15) is 13.5 Å². The molecule has 1 aliphatic heterocycles. The number of fused-ring (bicyclic) bond motifs is 1. The molecule has 2 heterocycles. The maximum atomic E-state index is 12.6. The Labute approximate surface area is 112 Å². The molecule has 19 heavy (non-hydrogen) atoms. The highest BCUT2D eigenvalue weighted by atomic mass is 32.2. The third kappa shape index (κ3) is 2.16.